The standard InChI is InChI=1S/C20H30N2O2/c1-20(2)14-16(10-13-24-20)19(23)21-18-9-5-4-8-17(18)15-22-11-6-3-7-12-22/h4-5,8-9,16H,3,6-7,10-15H2,1-2H3,(H,21,23). The molecular weight excluding hydrogens is 300 g/mol. The van der Waals surface area contributed by atoms with E-state index in [0.717, 1.165) is 38.2 Å². The first kappa shape index (κ1) is 17.4. The van der Waals surface area contributed by atoms with Crippen LogP contribution in [0.2, 0.25) is 0 Å². The highest BCUT2D eigenvalue weighted by Crippen LogP contribution is 2.30. The lowest BCUT2D eigenvalue weighted by atomic mass is 9.87. The summed E-state index contributed by atoms with van der Waals surface area (Å²) in [6.45, 7) is 8.05. The fraction of sp³-hybridized carbons (Fsp3) is 0.650. The van der Waals surface area contributed by atoms with Gasteiger partial charge in [-0.2, -0.15) is 0 Å². The quantitative estimate of drug-likeness (QED) is 0.912. The van der Waals surface area contributed by atoms with E-state index in [1.165, 1.54) is 24.8 Å². The van der Waals surface area contributed by atoms with Gasteiger partial charge in [0.1, 0.15) is 0 Å². The Labute approximate surface area is 145 Å². The normalized spacial score (nSPS) is 24.5. The maximum Gasteiger partial charge on any atom is 0.227 e. The maximum absolute atomic E-state index is 12.7. The van der Waals surface area contributed by atoms with Crippen LogP contribution in [0.3, 0.4) is 0 Å². The zero-order valence-electron chi connectivity index (χ0n) is 15.0. The van der Waals surface area contributed by atoms with Crippen molar-refractivity contribution in [2.45, 2.75) is 58.1 Å². The summed E-state index contributed by atoms with van der Waals surface area (Å²) < 4.78 is 5.73. The van der Waals surface area contributed by atoms with Crippen LogP contribution in [0.5, 0.6) is 0 Å². The zero-order valence-corrected chi connectivity index (χ0v) is 15.0. The molecular formula is C20H30N2O2. The van der Waals surface area contributed by atoms with Gasteiger partial charge < -0.3 is 10.1 Å². The van der Waals surface area contributed by atoms with Crippen molar-refractivity contribution >= 4 is 11.6 Å². The first-order chi connectivity index (χ1) is 11.5. The number of carbonyl (C=O) groups excluding carboxylic acids is 1. The Kier molecular flexibility index (Phi) is 5.57. The molecule has 2 heterocycles. The van der Waals surface area contributed by atoms with Crippen LogP contribution >= 0.6 is 0 Å². The van der Waals surface area contributed by atoms with Gasteiger partial charge in [-0.3, -0.25) is 9.69 Å². The van der Waals surface area contributed by atoms with Crippen LogP contribution in [-0.2, 0) is 16.1 Å². The summed E-state index contributed by atoms with van der Waals surface area (Å²) >= 11 is 0. The van der Waals surface area contributed by atoms with Crippen molar-refractivity contribution in [2.75, 3.05) is 25.0 Å². The highest BCUT2D eigenvalue weighted by atomic mass is 16.5. The molecule has 1 unspecified atom stereocenters. The van der Waals surface area contributed by atoms with Crippen LogP contribution in [0, 0.1) is 5.92 Å². The molecule has 1 atom stereocenters. The molecule has 132 valence electrons. The van der Waals surface area contributed by atoms with Gasteiger partial charge in [0.15, 0.2) is 0 Å². The van der Waals surface area contributed by atoms with E-state index in [4.69, 9.17) is 4.74 Å². The fourth-order valence-electron chi connectivity index (χ4n) is 3.83. The second-order valence-electron chi connectivity index (χ2n) is 7.78. The van der Waals surface area contributed by atoms with Gasteiger partial charge in [-0.25, -0.2) is 0 Å². The van der Waals surface area contributed by atoms with Crippen molar-refractivity contribution in [3.8, 4) is 0 Å². The predicted octanol–water partition coefficient (Wildman–Crippen LogP) is 3.82. The minimum atomic E-state index is -0.201. The Bertz CT molecular complexity index is 565. The Morgan fingerprint density at radius 3 is 2.75 bits per heavy atom. The molecule has 0 saturated carbocycles. The van der Waals surface area contributed by atoms with Gasteiger partial charge >= 0.3 is 0 Å². The molecule has 0 bridgehead atoms. The number of piperidine rings is 1. The molecule has 3 rings (SSSR count). The topological polar surface area (TPSA) is 41.6 Å². The number of hydrogen-bond donors (Lipinski definition) is 1. The number of ether oxygens (including phenoxy) is 1. The van der Waals surface area contributed by atoms with Crippen molar-refractivity contribution in [2.24, 2.45) is 5.92 Å². The molecule has 4 heteroatoms. The minimum Gasteiger partial charge on any atom is -0.376 e. The average Bonchev–Trinajstić information content (AvgIpc) is 2.56. The molecule has 1 N–H and O–H groups in total. The van der Waals surface area contributed by atoms with Gasteiger partial charge in [-0.15, -0.1) is 0 Å². The van der Waals surface area contributed by atoms with Crippen LogP contribution in [0.25, 0.3) is 0 Å². The summed E-state index contributed by atoms with van der Waals surface area (Å²) in [4.78, 5) is 15.2. The van der Waals surface area contributed by atoms with Gasteiger partial charge in [0.2, 0.25) is 5.91 Å². The van der Waals surface area contributed by atoms with E-state index in [1.807, 2.05) is 12.1 Å². The molecule has 1 aromatic carbocycles. The summed E-state index contributed by atoms with van der Waals surface area (Å²) in [5.74, 6) is 0.175. The third kappa shape index (κ3) is 4.58. The largest absolute Gasteiger partial charge is 0.376 e. The summed E-state index contributed by atoms with van der Waals surface area (Å²) in [5, 5.41) is 3.19. The van der Waals surface area contributed by atoms with Crippen LogP contribution in [0.4, 0.5) is 5.69 Å². The van der Waals surface area contributed by atoms with Crippen LogP contribution in [-0.4, -0.2) is 36.1 Å². The molecule has 2 saturated heterocycles. The Balaban J connectivity index is 1.65. The molecule has 0 aromatic heterocycles. The van der Waals surface area contributed by atoms with Crippen molar-refractivity contribution in [1.82, 2.24) is 4.90 Å². The van der Waals surface area contributed by atoms with Crippen LogP contribution in [0.1, 0.15) is 51.5 Å². The molecule has 4 nitrogen and oxygen atoms in total. The molecule has 2 aliphatic rings. The number of rotatable bonds is 4. The monoisotopic (exact) mass is 330 g/mol. The SMILES string of the molecule is CC1(C)CC(C(=O)Nc2ccccc2CN2CCCCC2)CCO1. The number of carbonyl (C=O) groups is 1. The van der Waals surface area contributed by atoms with Crippen LogP contribution < -0.4 is 5.32 Å². The van der Waals surface area contributed by atoms with E-state index in [0.29, 0.717) is 6.61 Å². The lowest BCUT2D eigenvalue weighted by molar-refractivity contribution is -0.130. The molecule has 0 spiro atoms. The molecule has 0 aliphatic carbocycles. The number of nitrogens with zero attached hydrogens (tertiary/aromatic N) is 1. The van der Waals surface area contributed by atoms with E-state index in [2.05, 4.69) is 36.2 Å². The fourth-order valence-corrected chi connectivity index (χ4v) is 3.83. The molecule has 1 aromatic rings. The Hall–Kier alpha value is -1.39. The average molecular weight is 330 g/mol. The number of para-hydroxylation sites is 1. The number of anilines is 1. The molecule has 24 heavy (non-hydrogen) atoms. The van der Waals surface area contributed by atoms with Gasteiger partial charge in [0, 0.05) is 24.8 Å². The molecule has 2 aliphatic heterocycles. The highest BCUT2D eigenvalue weighted by Gasteiger charge is 2.33. The summed E-state index contributed by atoms with van der Waals surface area (Å²) in [6, 6.07) is 8.23. The molecule has 2 fully saturated rings. The summed E-state index contributed by atoms with van der Waals surface area (Å²) in [6.07, 6.45) is 5.50. The summed E-state index contributed by atoms with van der Waals surface area (Å²) in [5.41, 5.74) is 1.99. The van der Waals surface area contributed by atoms with E-state index < -0.39 is 0 Å². The lowest BCUT2D eigenvalue weighted by Crippen LogP contribution is -2.39. The molecule has 0 radical (unpaired) electrons. The van der Waals surface area contributed by atoms with Crippen molar-refractivity contribution in [3.05, 3.63) is 29.8 Å². The van der Waals surface area contributed by atoms with E-state index in [1.54, 1.807) is 0 Å². The zero-order chi connectivity index (χ0) is 17.0. The van der Waals surface area contributed by atoms with Crippen LogP contribution in [0.15, 0.2) is 24.3 Å². The van der Waals surface area contributed by atoms with Crippen molar-refractivity contribution in [1.29, 1.82) is 0 Å². The minimum absolute atomic E-state index is 0.0387. The lowest BCUT2D eigenvalue weighted by Gasteiger charge is -2.35. The number of nitrogens with one attached hydrogen (secondary N) is 1. The van der Waals surface area contributed by atoms with Crippen molar-refractivity contribution < 1.29 is 9.53 Å². The maximum atomic E-state index is 12.7. The van der Waals surface area contributed by atoms with E-state index in [9.17, 15) is 4.79 Å². The third-order valence-corrected chi connectivity index (χ3v) is 5.19. The Morgan fingerprint density at radius 2 is 2.00 bits per heavy atom. The van der Waals surface area contributed by atoms with Gasteiger partial charge in [-0.1, -0.05) is 24.6 Å². The van der Waals surface area contributed by atoms with Gasteiger partial charge in [0.05, 0.1) is 5.60 Å². The number of likely N-dealkylation sites (tertiary alicyclic amines) is 1. The smallest absolute Gasteiger partial charge is 0.227 e. The second-order valence-corrected chi connectivity index (χ2v) is 7.78. The number of benzene rings is 1. The predicted molar refractivity (Wildman–Crippen MR) is 97.0 cm³/mol. The third-order valence-electron chi connectivity index (χ3n) is 5.19. The van der Waals surface area contributed by atoms with Crippen molar-refractivity contribution in [3.63, 3.8) is 0 Å². The summed E-state index contributed by atoms with van der Waals surface area (Å²) in [7, 11) is 0. The first-order valence-corrected chi connectivity index (χ1v) is 9.29. The van der Waals surface area contributed by atoms with E-state index in [-0.39, 0.29) is 17.4 Å². The molecule has 1 amide bonds. The van der Waals surface area contributed by atoms with E-state index >= 15 is 0 Å². The number of amides is 1. The highest BCUT2D eigenvalue weighted by molar-refractivity contribution is 5.93. The van der Waals surface area contributed by atoms with Gasteiger partial charge in [-0.05, 0) is 64.3 Å². The second kappa shape index (κ2) is 7.66. The Morgan fingerprint density at radius 1 is 1.25 bits per heavy atom. The first-order valence-electron chi connectivity index (χ1n) is 9.29. The number of hydrogen-bond acceptors (Lipinski definition) is 3. The van der Waals surface area contributed by atoms with Gasteiger partial charge in [0.25, 0.3) is 0 Å².